The van der Waals surface area contributed by atoms with E-state index in [-0.39, 0.29) is 31.1 Å². The number of hydrogen-bond acceptors (Lipinski definition) is 6. The lowest BCUT2D eigenvalue weighted by Gasteiger charge is -2.18. The van der Waals surface area contributed by atoms with Gasteiger partial charge in [-0.15, -0.1) is 0 Å². The number of hydrogen-bond donors (Lipinski definition) is 0. The monoisotopic (exact) mass is 977 g/mol. The predicted molar refractivity (Wildman–Crippen MR) is 302 cm³/mol. The van der Waals surface area contributed by atoms with Crippen molar-refractivity contribution >= 4 is 17.9 Å². The van der Waals surface area contributed by atoms with E-state index in [0.29, 0.717) is 19.3 Å². The average Bonchev–Trinajstić information content (AvgIpc) is 3.36. The summed E-state index contributed by atoms with van der Waals surface area (Å²) < 4.78 is 16.9. The maximum atomic E-state index is 12.9. The van der Waals surface area contributed by atoms with Gasteiger partial charge in [-0.3, -0.25) is 14.4 Å². The summed E-state index contributed by atoms with van der Waals surface area (Å²) in [5.41, 5.74) is 0. The molecule has 0 aromatic carbocycles. The summed E-state index contributed by atoms with van der Waals surface area (Å²) in [6, 6.07) is 0. The van der Waals surface area contributed by atoms with Gasteiger partial charge in [-0.2, -0.15) is 0 Å². The van der Waals surface area contributed by atoms with E-state index in [2.05, 4.69) is 75.5 Å². The van der Waals surface area contributed by atoms with Gasteiger partial charge < -0.3 is 14.2 Å². The first kappa shape index (κ1) is 66.9. The molecular weight excluding hydrogens is 865 g/mol. The number of rotatable bonds is 54. The SMILES string of the molecule is CC\C=C/C=C\C=C/C=C\CCCCCCCC(=O)OCC(COC(=O)CCCCCCCCCCCCCCCCCCCCC)OC(=O)CCCCCCC/C=C\C=C/CCCCCCCCC. The maximum absolute atomic E-state index is 12.9. The molecule has 0 spiro atoms. The first-order valence-electron chi connectivity index (χ1n) is 30.0. The second kappa shape index (κ2) is 58.4. The Morgan fingerprint density at radius 1 is 0.300 bits per heavy atom. The van der Waals surface area contributed by atoms with Gasteiger partial charge in [0.25, 0.3) is 0 Å². The number of carbonyl (C=O) groups is 3. The molecule has 0 aliphatic rings. The minimum atomic E-state index is -0.793. The van der Waals surface area contributed by atoms with Gasteiger partial charge in [0.05, 0.1) is 0 Å². The van der Waals surface area contributed by atoms with Gasteiger partial charge in [-0.05, 0) is 64.2 Å². The summed E-state index contributed by atoms with van der Waals surface area (Å²) in [5.74, 6) is -0.914. The fraction of sp³-hybridized carbons (Fsp3) is 0.766. The van der Waals surface area contributed by atoms with Crippen molar-refractivity contribution in [2.45, 2.75) is 303 Å². The molecule has 0 amide bonds. The van der Waals surface area contributed by atoms with E-state index < -0.39 is 6.10 Å². The van der Waals surface area contributed by atoms with E-state index in [4.69, 9.17) is 14.2 Å². The topological polar surface area (TPSA) is 78.9 Å². The molecule has 1 unspecified atom stereocenters. The molecule has 0 saturated carbocycles. The Bertz CT molecular complexity index is 1310. The zero-order chi connectivity index (χ0) is 50.7. The summed E-state index contributed by atoms with van der Waals surface area (Å²) in [6.07, 6.45) is 74.7. The molecule has 0 aromatic heterocycles. The van der Waals surface area contributed by atoms with Crippen molar-refractivity contribution in [2.75, 3.05) is 13.2 Å². The number of esters is 3. The van der Waals surface area contributed by atoms with Gasteiger partial charge in [-0.1, -0.05) is 286 Å². The third-order valence-electron chi connectivity index (χ3n) is 13.1. The minimum absolute atomic E-state index is 0.0873. The Morgan fingerprint density at radius 3 is 0.886 bits per heavy atom. The first-order valence-corrected chi connectivity index (χ1v) is 30.0. The van der Waals surface area contributed by atoms with Crippen LogP contribution in [-0.4, -0.2) is 37.2 Å². The zero-order valence-corrected chi connectivity index (χ0v) is 46.3. The Balaban J connectivity index is 4.40. The predicted octanol–water partition coefficient (Wildman–Crippen LogP) is 20.2. The van der Waals surface area contributed by atoms with Crippen LogP contribution in [0.25, 0.3) is 0 Å². The van der Waals surface area contributed by atoms with Crippen molar-refractivity contribution in [1.82, 2.24) is 0 Å². The van der Waals surface area contributed by atoms with E-state index in [0.717, 1.165) is 103 Å². The molecule has 0 aromatic rings. The van der Waals surface area contributed by atoms with Crippen molar-refractivity contribution in [3.63, 3.8) is 0 Å². The van der Waals surface area contributed by atoms with Crippen molar-refractivity contribution < 1.29 is 28.6 Å². The standard InChI is InChI=1S/C64H112O6/c1-4-7-10-13-16-19-22-25-28-30-32-34-36-39-42-45-48-51-54-57-63(66)69-60-61(59-68-62(65)56-53-50-47-44-41-38-35-27-24-21-18-15-12-9-6-3)70-64(67)58-55-52-49-46-43-40-37-33-31-29-26-23-20-17-14-11-8-5-2/h9,12,15,18,21,24,27,29,31,33,35,37,61H,4-8,10-11,13-14,16-17,19-20,22-23,25-26,28,30,32,34,36,38-60H2,1-3H3/b12-9-,18-15-,24-21-,31-29-,35-27-,37-33-. The number of ether oxygens (including phenoxy) is 3. The summed E-state index contributed by atoms with van der Waals surface area (Å²) in [7, 11) is 0. The molecule has 0 fully saturated rings. The molecule has 6 heteroatoms. The molecule has 0 saturated heterocycles. The van der Waals surface area contributed by atoms with E-state index in [1.54, 1.807) is 0 Å². The largest absolute Gasteiger partial charge is 0.462 e. The summed E-state index contributed by atoms with van der Waals surface area (Å²) in [5, 5.41) is 0. The molecule has 0 bridgehead atoms. The third kappa shape index (κ3) is 55.8. The molecule has 404 valence electrons. The van der Waals surface area contributed by atoms with E-state index in [1.807, 2.05) is 18.2 Å². The normalized spacial score (nSPS) is 12.6. The second-order valence-corrected chi connectivity index (χ2v) is 20.0. The van der Waals surface area contributed by atoms with Crippen LogP contribution in [0.15, 0.2) is 72.9 Å². The van der Waals surface area contributed by atoms with Gasteiger partial charge in [0.1, 0.15) is 13.2 Å². The highest BCUT2D eigenvalue weighted by Crippen LogP contribution is 2.16. The van der Waals surface area contributed by atoms with Crippen LogP contribution in [0.4, 0.5) is 0 Å². The Hall–Kier alpha value is -3.15. The highest BCUT2D eigenvalue weighted by Gasteiger charge is 2.19. The third-order valence-corrected chi connectivity index (χ3v) is 13.1. The van der Waals surface area contributed by atoms with Gasteiger partial charge in [-0.25, -0.2) is 0 Å². The Morgan fingerprint density at radius 2 is 0.557 bits per heavy atom. The van der Waals surface area contributed by atoms with Gasteiger partial charge in [0.2, 0.25) is 0 Å². The quantitative estimate of drug-likeness (QED) is 0.0261. The summed E-state index contributed by atoms with van der Waals surface area (Å²) in [6.45, 7) is 6.50. The molecule has 0 aliphatic carbocycles. The zero-order valence-electron chi connectivity index (χ0n) is 46.3. The van der Waals surface area contributed by atoms with Crippen molar-refractivity contribution in [3.8, 4) is 0 Å². The fourth-order valence-corrected chi connectivity index (χ4v) is 8.56. The van der Waals surface area contributed by atoms with Crippen LogP contribution >= 0.6 is 0 Å². The van der Waals surface area contributed by atoms with E-state index in [9.17, 15) is 14.4 Å². The molecule has 6 nitrogen and oxygen atoms in total. The number of unbranched alkanes of at least 4 members (excludes halogenated alkanes) is 35. The molecule has 0 heterocycles. The Labute approximate surface area is 433 Å². The molecule has 70 heavy (non-hydrogen) atoms. The van der Waals surface area contributed by atoms with Crippen molar-refractivity contribution in [2.24, 2.45) is 0 Å². The van der Waals surface area contributed by atoms with Crippen LogP contribution in [0.5, 0.6) is 0 Å². The Kier molecular flexibility index (Phi) is 55.8. The van der Waals surface area contributed by atoms with Gasteiger partial charge in [0.15, 0.2) is 6.10 Å². The molecule has 0 N–H and O–H groups in total. The van der Waals surface area contributed by atoms with Crippen LogP contribution in [-0.2, 0) is 28.6 Å². The molecule has 0 aliphatic heterocycles. The van der Waals surface area contributed by atoms with Gasteiger partial charge >= 0.3 is 17.9 Å². The van der Waals surface area contributed by atoms with Crippen LogP contribution in [0, 0.1) is 0 Å². The number of allylic oxidation sites excluding steroid dienone is 12. The lowest BCUT2D eigenvalue weighted by atomic mass is 10.0. The molecule has 1 atom stereocenters. The second-order valence-electron chi connectivity index (χ2n) is 20.0. The van der Waals surface area contributed by atoms with Crippen LogP contribution in [0.1, 0.15) is 297 Å². The average molecular weight is 978 g/mol. The van der Waals surface area contributed by atoms with Gasteiger partial charge in [0, 0.05) is 19.3 Å². The van der Waals surface area contributed by atoms with Crippen LogP contribution < -0.4 is 0 Å². The lowest BCUT2D eigenvalue weighted by Crippen LogP contribution is -2.30. The van der Waals surface area contributed by atoms with Crippen molar-refractivity contribution in [3.05, 3.63) is 72.9 Å². The molecular formula is C64H112O6. The molecule has 0 radical (unpaired) electrons. The highest BCUT2D eigenvalue weighted by molar-refractivity contribution is 5.71. The fourth-order valence-electron chi connectivity index (χ4n) is 8.56. The summed E-state index contributed by atoms with van der Waals surface area (Å²) >= 11 is 0. The molecule has 0 rings (SSSR count). The lowest BCUT2D eigenvalue weighted by molar-refractivity contribution is -0.167. The maximum Gasteiger partial charge on any atom is 0.306 e. The smallest absolute Gasteiger partial charge is 0.306 e. The minimum Gasteiger partial charge on any atom is -0.462 e. The van der Waals surface area contributed by atoms with Crippen LogP contribution in [0.3, 0.4) is 0 Å². The van der Waals surface area contributed by atoms with E-state index in [1.165, 1.54) is 154 Å². The summed E-state index contributed by atoms with van der Waals surface area (Å²) in [4.78, 5) is 38.2. The highest BCUT2D eigenvalue weighted by atomic mass is 16.6. The first-order chi connectivity index (χ1) is 34.5. The van der Waals surface area contributed by atoms with E-state index >= 15 is 0 Å². The van der Waals surface area contributed by atoms with Crippen LogP contribution in [0.2, 0.25) is 0 Å². The number of carbonyl (C=O) groups excluding carboxylic acids is 3. The van der Waals surface area contributed by atoms with Crippen molar-refractivity contribution in [1.29, 1.82) is 0 Å².